The van der Waals surface area contributed by atoms with Crippen LogP contribution in [0.25, 0.3) is 0 Å². The Balaban J connectivity index is 2.46. The second-order valence-electron chi connectivity index (χ2n) is 4.76. The number of hydrogen-bond donors (Lipinski definition) is 2. The summed E-state index contributed by atoms with van der Waals surface area (Å²) < 4.78 is 4.95. The largest absolute Gasteiger partial charge is 0.480 e. The standard InChI is InChI=1S/C14H20N2O5/c1-3-5-11(12(17)18)15-14(20)16-8-6-10(7-9-16)13(19)21-4-2/h1,10-11H,4-9H2,2H3,(H,15,20)(H,17,18). The highest BCUT2D eigenvalue weighted by molar-refractivity contribution is 5.83. The molecular formula is C14H20N2O5. The fourth-order valence-electron chi connectivity index (χ4n) is 2.14. The lowest BCUT2D eigenvalue weighted by Gasteiger charge is -2.31. The highest BCUT2D eigenvalue weighted by atomic mass is 16.5. The Morgan fingerprint density at radius 3 is 2.52 bits per heavy atom. The van der Waals surface area contributed by atoms with Gasteiger partial charge in [0.25, 0.3) is 0 Å². The van der Waals surface area contributed by atoms with Gasteiger partial charge >= 0.3 is 18.0 Å². The number of amides is 2. The molecule has 0 bridgehead atoms. The SMILES string of the molecule is C#CCC(NC(=O)N1CCC(C(=O)OCC)CC1)C(=O)O. The Kier molecular flexibility index (Phi) is 6.53. The molecule has 1 aliphatic heterocycles. The maximum Gasteiger partial charge on any atom is 0.327 e. The molecule has 0 aliphatic carbocycles. The average Bonchev–Trinajstić information content (AvgIpc) is 2.47. The molecule has 0 radical (unpaired) electrons. The van der Waals surface area contributed by atoms with Crippen molar-refractivity contribution in [3.8, 4) is 12.3 Å². The van der Waals surface area contributed by atoms with Crippen molar-refractivity contribution in [1.82, 2.24) is 10.2 Å². The van der Waals surface area contributed by atoms with Crippen molar-refractivity contribution in [2.45, 2.75) is 32.2 Å². The second-order valence-corrected chi connectivity index (χ2v) is 4.76. The van der Waals surface area contributed by atoms with Crippen molar-refractivity contribution in [1.29, 1.82) is 0 Å². The van der Waals surface area contributed by atoms with Gasteiger partial charge in [-0.2, -0.15) is 0 Å². The molecule has 2 N–H and O–H groups in total. The summed E-state index contributed by atoms with van der Waals surface area (Å²) in [5, 5.41) is 11.3. The Morgan fingerprint density at radius 2 is 2.05 bits per heavy atom. The molecule has 7 heteroatoms. The van der Waals surface area contributed by atoms with Crippen LogP contribution in [-0.2, 0) is 14.3 Å². The van der Waals surface area contributed by atoms with E-state index in [1.54, 1.807) is 6.92 Å². The minimum absolute atomic E-state index is 0.0691. The highest BCUT2D eigenvalue weighted by Gasteiger charge is 2.29. The van der Waals surface area contributed by atoms with Gasteiger partial charge in [-0.3, -0.25) is 4.79 Å². The molecule has 1 fully saturated rings. The van der Waals surface area contributed by atoms with Gasteiger partial charge in [-0.1, -0.05) is 0 Å². The number of nitrogens with one attached hydrogen (secondary N) is 1. The number of carbonyl (C=O) groups is 3. The first-order valence-corrected chi connectivity index (χ1v) is 6.87. The molecule has 116 valence electrons. The predicted octanol–water partition coefficient (Wildman–Crippen LogP) is 0.448. The number of esters is 1. The monoisotopic (exact) mass is 296 g/mol. The number of urea groups is 1. The van der Waals surface area contributed by atoms with Crippen molar-refractivity contribution in [3.05, 3.63) is 0 Å². The summed E-state index contributed by atoms with van der Waals surface area (Å²) >= 11 is 0. The van der Waals surface area contributed by atoms with Crippen LogP contribution in [0.2, 0.25) is 0 Å². The number of carbonyl (C=O) groups excluding carboxylic acids is 2. The topological polar surface area (TPSA) is 95.9 Å². The summed E-state index contributed by atoms with van der Waals surface area (Å²) in [6, 6.07) is -1.56. The number of carboxylic acids is 1. The first-order valence-electron chi connectivity index (χ1n) is 6.87. The van der Waals surface area contributed by atoms with Gasteiger partial charge in [-0.05, 0) is 19.8 Å². The van der Waals surface area contributed by atoms with Gasteiger partial charge in [0.1, 0.15) is 6.04 Å². The molecule has 1 rings (SSSR count). The lowest BCUT2D eigenvalue weighted by atomic mass is 9.97. The molecule has 21 heavy (non-hydrogen) atoms. The van der Waals surface area contributed by atoms with E-state index in [9.17, 15) is 14.4 Å². The molecule has 2 amide bonds. The Bertz CT molecular complexity index is 435. The van der Waals surface area contributed by atoms with Crippen molar-refractivity contribution in [3.63, 3.8) is 0 Å². The van der Waals surface area contributed by atoms with E-state index >= 15 is 0 Å². The number of rotatable bonds is 5. The van der Waals surface area contributed by atoms with Crippen LogP contribution >= 0.6 is 0 Å². The highest BCUT2D eigenvalue weighted by Crippen LogP contribution is 2.18. The van der Waals surface area contributed by atoms with Gasteiger partial charge in [0.15, 0.2) is 0 Å². The van der Waals surface area contributed by atoms with E-state index in [2.05, 4.69) is 11.2 Å². The number of likely N-dealkylation sites (tertiary alicyclic amines) is 1. The van der Waals surface area contributed by atoms with Gasteiger partial charge < -0.3 is 20.1 Å². The summed E-state index contributed by atoms with van der Waals surface area (Å²) in [5.74, 6) is 0.613. The summed E-state index contributed by atoms with van der Waals surface area (Å²) in [6.45, 7) is 2.86. The van der Waals surface area contributed by atoms with Crippen molar-refractivity contribution in [2.24, 2.45) is 5.92 Å². The van der Waals surface area contributed by atoms with Gasteiger partial charge in [0.2, 0.25) is 0 Å². The molecule has 1 heterocycles. The van der Waals surface area contributed by atoms with Crippen molar-refractivity contribution in [2.75, 3.05) is 19.7 Å². The van der Waals surface area contributed by atoms with Crippen LogP contribution in [-0.4, -0.2) is 53.7 Å². The molecule has 0 aromatic carbocycles. The number of hydrogen-bond acceptors (Lipinski definition) is 4. The average molecular weight is 296 g/mol. The molecule has 1 aliphatic rings. The van der Waals surface area contributed by atoms with Gasteiger partial charge in [0, 0.05) is 19.5 Å². The zero-order valence-corrected chi connectivity index (χ0v) is 12.0. The molecule has 0 aromatic rings. The smallest absolute Gasteiger partial charge is 0.327 e. The fraction of sp³-hybridized carbons (Fsp3) is 0.643. The van der Waals surface area contributed by atoms with E-state index in [1.165, 1.54) is 4.90 Å². The lowest BCUT2D eigenvalue weighted by Crippen LogP contribution is -2.50. The maximum absolute atomic E-state index is 12.0. The number of piperidine rings is 1. The van der Waals surface area contributed by atoms with Crippen LogP contribution in [0, 0.1) is 18.3 Å². The Hall–Kier alpha value is -2.23. The third-order valence-electron chi connectivity index (χ3n) is 3.32. The molecule has 1 saturated heterocycles. The van der Waals surface area contributed by atoms with E-state index in [4.69, 9.17) is 16.3 Å². The third kappa shape index (κ3) is 4.99. The molecule has 0 aromatic heterocycles. The summed E-state index contributed by atoms with van der Waals surface area (Å²) in [7, 11) is 0. The zero-order chi connectivity index (χ0) is 15.8. The van der Waals surface area contributed by atoms with E-state index in [0.717, 1.165) is 0 Å². The van der Waals surface area contributed by atoms with E-state index in [-0.39, 0.29) is 18.3 Å². The summed E-state index contributed by atoms with van der Waals surface area (Å²) in [4.78, 5) is 36.0. The quantitative estimate of drug-likeness (QED) is 0.567. The number of terminal acetylenes is 1. The third-order valence-corrected chi connectivity index (χ3v) is 3.32. The maximum atomic E-state index is 12.0. The number of nitrogens with zero attached hydrogens (tertiary/aromatic N) is 1. The van der Waals surface area contributed by atoms with Crippen LogP contribution in [0.5, 0.6) is 0 Å². The predicted molar refractivity (Wildman–Crippen MR) is 74.3 cm³/mol. The zero-order valence-electron chi connectivity index (χ0n) is 12.0. The first kappa shape index (κ1) is 16.8. The minimum atomic E-state index is -1.16. The van der Waals surface area contributed by atoms with Crippen LogP contribution in [0.4, 0.5) is 4.79 Å². The fourth-order valence-corrected chi connectivity index (χ4v) is 2.14. The van der Waals surface area contributed by atoms with Crippen molar-refractivity contribution >= 4 is 18.0 Å². The van der Waals surface area contributed by atoms with Gasteiger partial charge in [0.05, 0.1) is 12.5 Å². The normalized spacial score (nSPS) is 16.7. The Labute approximate surface area is 123 Å². The molecular weight excluding hydrogens is 276 g/mol. The molecule has 0 spiro atoms. The van der Waals surface area contributed by atoms with E-state index in [1.807, 2.05) is 0 Å². The Morgan fingerprint density at radius 1 is 1.43 bits per heavy atom. The number of ether oxygens (including phenoxy) is 1. The van der Waals surface area contributed by atoms with Gasteiger partial charge in [-0.15, -0.1) is 12.3 Å². The summed E-state index contributed by atoms with van der Waals surface area (Å²) in [6.07, 6.45) is 6.03. The lowest BCUT2D eigenvalue weighted by molar-refractivity contribution is -0.149. The molecule has 7 nitrogen and oxygen atoms in total. The molecule has 1 unspecified atom stereocenters. The molecule has 0 saturated carbocycles. The van der Waals surface area contributed by atoms with E-state index in [0.29, 0.717) is 32.5 Å². The minimum Gasteiger partial charge on any atom is -0.480 e. The number of carboxylic acid groups (broad SMARTS) is 1. The van der Waals surface area contributed by atoms with Crippen LogP contribution < -0.4 is 5.32 Å². The first-order chi connectivity index (χ1) is 9.99. The van der Waals surface area contributed by atoms with Crippen LogP contribution in [0.1, 0.15) is 26.2 Å². The van der Waals surface area contributed by atoms with Crippen LogP contribution in [0.15, 0.2) is 0 Å². The second kappa shape index (κ2) is 8.15. The summed E-state index contributed by atoms with van der Waals surface area (Å²) in [5.41, 5.74) is 0. The van der Waals surface area contributed by atoms with Gasteiger partial charge in [-0.25, -0.2) is 9.59 Å². The van der Waals surface area contributed by atoms with E-state index < -0.39 is 18.0 Å². The van der Waals surface area contributed by atoms with Crippen molar-refractivity contribution < 1.29 is 24.2 Å². The van der Waals surface area contributed by atoms with Crippen LogP contribution in [0.3, 0.4) is 0 Å². The molecule has 1 atom stereocenters. The number of aliphatic carboxylic acids is 1.